The van der Waals surface area contributed by atoms with E-state index in [0.29, 0.717) is 12.0 Å². The van der Waals surface area contributed by atoms with E-state index in [2.05, 4.69) is 26.1 Å². The molecule has 0 heterocycles. The maximum Gasteiger partial charge on any atom is 0.129 e. The summed E-state index contributed by atoms with van der Waals surface area (Å²) < 4.78 is 26.7. The summed E-state index contributed by atoms with van der Waals surface area (Å²) in [4.78, 5) is 0. The Bertz CT molecular complexity index is 445. The molecule has 1 nitrogen and oxygen atoms in total. The highest BCUT2D eigenvalue weighted by Gasteiger charge is 2.38. The first-order chi connectivity index (χ1) is 8.80. The molecular weight excluding hydrogens is 244 g/mol. The van der Waals surface area contributed by atoms with Crippen molar-refractivity contribution in [1.82, 2.24) is 5.32 Å². The first-order valence-corrected chi connectivity index (χ1v) is 6.99. The molecule has 1 fully saturated rings. The lowest BCUT2D eigenvalue weighted by atomic mass is 9.65. The van der Waals surface area contributed by atoms with E-state index < -0.39 is 11.6 Å². The van der Waals surface area contributed by atoms with E-state index in [9.17, 15) is 8.78 Å². The second kappa shape index (κ2) is 5.20. The fraction of sp³-hybridized carbons (Fsp3) is 0.625. The van der Waals surface area contributed by atoms with Gasteiger partial charge in [0.15, 0.2) is 0 Å². The van der Waals surface area contributed by atoms with Gasteiger partial charge in [0.25, 0.3) is 0 Å². The average molecular weight is 267 g/mol. The molecule has 1 aromatic rings. The zero-order chi connectivity index (χ0) is 14.1. The van der Waals surface area contributed by atoms with Crippen LogP contribution in [0, 0.1) is 17.0 Å². The smallest absolute Gasteiger partial charge is 0.129 e. The number of nitrogens with one attached hydrogen (secondary N) is 1. The highest BCUT2D eigenvalue weighted by atomic mass is 19.1. The van der Waals surface area contributed by atoms with Gasteiger partial charge in [-0.15, -0.1) is 0 Å². The van der Waals surface area contributed by atoms with Crippen LogP contribution in [0.3, 0.4) is 0 Å². The predicted octanol–water partition coefficient (Wildman–Crippen LogP) is 4.07. The van der Waals surface area contributed by atoms with Crippen molar-refractivity contribution in [3.05, 3.63) is 35.4 Å². The molecular formula is C16H23F2N. The van der Waals surface area contributed by atoms with Crippen molar-refractivity contribution >= 4 is 0 Å². The van der Waals surface area contributed by atoms with Gasteiger partial charge in [0, 0.05) is 18.2 Å². The summed E-state index contributed by atoms with van der Waals surface area (Å²) in [5, 5.41) is 3.52. The lowest BCUT2D eigenvalue weighted by Gasteiger charge is -2.44. The van der Waals surface area contributed by atoms with E-state index in [1.807, 2.05) is 0 Å². The summed E-state index contributed by atoms with van der Waals surface area (Å²) in [5.41, 5.74) is 0.854. The molecule has 2 rings (SSSR count). The van der Waals surface area contributed by atoms with Gasteiger partial charge in [0.05, 0.1) is 0 Å². The molecule has 0 aromatic heterocycles. The van der Waals surface area contributed by atoms with Crippen molar-refractivity contribution in [2.24, 2.45) is 5.41 Å². The van der Waals surface area contributed by atoms with Crippen molar-refractivity contribution in [3.63, 3.8) is 0 Å². The molecule has 0 bridgehead atoms. The molecule has 1 N–H and O–H groups in total. The topological polar surface area (TPSA) is 12.0 Å². The van der Waals surface area contributed by atoms with E-state index in [1.165, 1.54) is 12.5 Å². The van der Waals surface area contributed by atoms with E-state index in [4.69, 9.17) is 0 Å². The van der Waals surface area contributed by atoms with Crippen LogP contribution in [0.2, 0.25) is 0 Å². The monoisotopic (exact) mass is 267 g/mol. The largest absolute Gasteiger partial charge is 0.312 e. The summed E-state index contributed by atoms with van der Waals surface area (Å²) in [5.74, 6) is -0.918. The Kier molecular flexibility index (Phi) is 3.95. The Morgan fingerprint density at radius 1 is 1.21 bits per heavy atom. The Labute approximate surface area is 114 Å². The van der Waals surface area contributed by atoms with Crippen molar-refractivity contribution in [2.75, 3.05) is 6.54 Å². The molecule has 0 unspecified atom stereocenters. The van der Waals surface area contributed by atoms with Crippen LogP contribution in [0.5, 0.6) is 0 Å². The maximum absolute atomic E-state index is 13.8. The molecule has 0 spiro atoms. The highest BCUT2D eigenvalue weighted by Crippen LogP contribution is 2.43. The van der Waals surface area contributed by atoms with Gasteiger partial charge in [0.1, 0.15) is 11.6 Å². The molecule has 3 heteroatoms. The lowest BCUT2D eigenvalue weighted by molar-refractivity contribution is 0.117. The van der Waals surface area contributed by atoms with E-state index >= 15 is 0 Å². The fourth-order valence-electron chi connectivity index (χ4n) is 2.61. The van der Waals surface area contributed by atoms with E-state index in [-0.39, 0.29) is 11.0 Å². The van der Waals surface area contributed by atoms with E-state index in [0.717, 1.165) is 25.5 Å². The van der Waals surface area contributed by atoms with Crippen LogP contribution >= 0.6 is 0 Å². The highest BCUT2D eigenvalue weighted by molar-refractivity contribution is 5.21. The molecule has 0 radical (unpaired) electrons. The quantitative estimate of drug-likeness (QED) is 0.867. The molecule has 1 aliphatic rings. The first kappa shape index (κ1) is 14.4. The van der Waals surface area contributed by atoms with Crippen LogP contribution in [0.15, 0.2) is 18.2 Å². The average Bonchev–Trinajstić information content (AvgIpc) is 2.23. The molecule has 1 aliphatic carbocycles. The summed E-state index contributed by atoms with van der Waals surface area (Å²) in [6.45, 7) is 7.31. The van der Waals surface area contributed by atoms with Crippen LogP contribution in [0.1, 0.15) is 45.6 Å². The standard InChI is InChI=1S/C16H23F2N/c1-15(2,3)19-11-16(7-4-8-16)10-12-5-6-13(17)9-14(12)18/h5-6,9,19H,4,7-8,10-11H2,1-3H3. The van der Waals surface area contributed by atoms with Gasteiger partial charge < -0.3 is 5.32 Å². The number of halogens is 2. The molecule has 1 aromatic carbocycles. The Morgan fingerprint density at radius 3 is 2.37 bits per heavy atom. The summed E-state index contributed by atoms with van der Waals surface area (Å²) in [7, 11) is 0. The second-order valence-corrected chi connectivity index (χ2v) is 6.87. The van der Waals surface area contributed by atoms with Crippen molar-refractivity contribution in [1.29, 1.82) is 0 Å². The molecule has 0 amide bonds. The zero-order valence-corrected chi connectivity index (χ0v) is 12.0. The number of rotatable bonds is 4. The molecule has 1 saturated carbocycles. The second-order valence-electron chi connectivity index (χ2n) is 6.87. The van der Waals surface area contributed by atoms with Crippen LogP contribution in [0.25, 0.3) is 0 Å². The molecule has 0 aliphatic heterocycles. The Balaban J connectivity index is 2.06. The minimum absolute atomic E-state index is 0.0733. The number of hydrogen-bond donors (Lipinski definition) is 1. The molecule has 0 atom stereocenters. The Hall–Kier alpha value is -0.960. The fourth-order valence-corrected chi connectivity index (χ4v) is 2.61. The normalized spacial score (nSPS) is 18.2. The van der Waals surface area contributed by atoms with Gasteiger partial charge in [0.2, 0.25) is 0 Å². The number of benzene rings is 1. The van der Waals surface area contributed by atoms with Crippen LogP contribution in [-0.2, 0) is 6.42 Å². The van der Waals surface area contributed by atoms with Crippen molar-refractivity contribution in [2.45, 2.75) is 52.0 Å². The predicted molar refractivity (Wildman–Crippen MR) is 74.1 cm³/mol. The van der Waals surface area contributed by atoms with Crippen molar-refractivity contribution in [3.8, 4) is 0 Å². The van der Waals surface area contributed by atoms with Gasteiger partial charge in [-0.05, 0) is 57.1 Å². The minimum atomic E-state index is -0.503. The van der Waals surface area contributed by atoms with Gasteiger partial charge in [-0.1, -0.05) is 12.5 Å². The minimum Gasteiger partial charge on any atom is -0.312 e. The van der Waals surface area contributed by atoms with Gasteiger partial charge >= 0.3 is 0 Å². The third kappa shape index (κ3) is 3.75. The van der Waals surface area contributed by atoms with Gasteiger partial charge in [-0.2, -0.15) is 0 Å². The van der Waals surface area contributed by atoms with Crippen LogP contribution < -0.4 is 5.32 Å². The first-order valence-electron chi connectivity index (χ1n) is 6.99. The van der Waals surface area contributed by atoms with Crippen LogP contribution in [0.4, 0.5) is 8.78 Å². The van der Waals surface area contributed by atoms with E-state index in [1.54, 1.807) is 6.07 Å². The molecule has 19 heavy (non-hydrogen) atoms. The lowest BCUT2D eigenvalue weighted by Crippen LogP contribution is -2.48. The van der Waals surface area contributed by atoms with Gasteiger partial charge in [-0.3, -0.25) is 0 Å². The SMILES string of the molecule is CC(C)(C)NCC1(Cc2ccc(F)cc2F)CCC1. The van der Waals surface area contributed by atoms with Crippen molar-refractivity contribution < 1.29 is 8.78 Å². The van der Waals surface area contributed by atoms with Gasteiger partial charge in [-0.25, -0.2) is 8.78 Å². The van der Waals surface area contributed by atoms with Crippen LogP contribution in [-0.4, -0.2) is 12.1 Å². The third-order valence-corrected chi connectivity index (χ3v) is 3.99. The summed E-state index contributed by atoms with van der Waals surface area (Å²) in [6, 6.07) is 3.92. The zero-order valence-electron chi connectivity index (χ0n) is 12.0. The Morgan fingerprint density at radius 2 is 1.89 bits per heavy atom. The maximum atomic E-state index is 13.8. The third-order valence-electron chi connectivity index (χ3n) is 3.99. The molecule has 106 valence electrons. The molecule has 0 saturated heterocycles. The number of hydrogen-bond acceptors (Lipinski definition) is 1. The summed E-state index contributed by atoms with van der Waals surface area (Å²) in [6.07, 6.45) is 4.14. The summed E-state index contributed by atoms with van der Waals surface area (Å²) >= 11 is 0.